The largest absolute Gasteiger partial charge is 0.491 e. The van der Waals surface area contributed by atoms with E-state index in [0.717, 1.165) is 12.3 Å². The molecule has 0 saturated carbocycles. The molecule has 22 heavy (non-hydrogen) atoms. The smallest absolute Gasteiger partial charge is 0.206 e. The number of rotatable bonds is 4. The number of hydrazone groups is 1. The molecule has 2 heterocycles. The average molecular weight is 298 g/mol. The topological polar surface area (TPSA) is 59.7 Å². The summed E-state index contributed by atoms with van der Waals surface area (Å²) in [5.41, 5.74) is 0.295. The lowest BCUT2D eigenvalue weighted by Crippen LogP contribution is -2.24. The van der Waals surface area contributed by atoms with Gasteiger partial charge in [-0.25, -0.2) is 0 Å². The second kappa shape index (κ2) is 6.43. The van der Waals surface area contributed by atoms with Gasteiger partial charge in [-0.1, -0.05) is 24.3 Å². The van der Waals surface area contributed by atoms with Crippen molar-refractivity contribution in [1.82, 2.24) is 14.8 Å². The minimum atomic E-state index is -0.111. The molecular weight excluding hydrogens is 280 g/mol. The van der Waals surface area contributed by atoms with E-state index in [1.165, 1.54) is 6.07 Å². The molecule has 0 amide bonds. The lowest BCUT2D eigenvalue weighted by molar-refractivity contribution is 0.187. The van der Waals surface area contributed by atoms with E-state index < -0.39 is 0 Å². The number of ether oxygens (including phenoxy) is 1. The van der Waals surface area contributed by atoms with Crippen molar-refractivity contribution in [3.05, 3.63) is 64.3 Å². The van der Waals surface area contributed by atoms with Crippen molar-refractivity contribution in [2.75, 3.05) is 13.6 Å². The Hall–Kier alpha value is -2.63. The quantitative estimate of drug-likeness (QED) is 0.848. The van der Waals surface area contributed by atoms with Crippen molar-refractivity contribution < 1.29 is 4.74 Å². The van der Waals surface area contributed by atoms with Crippen LogP contribution in [0, 0.1) is 0 Å². The Balaban J connectivity index is 1.72. The second-order valence-corrected chi connectivity index (χ2v) is 5.22. The first-order valence-corrected chi connectivity index (χ1v) is 7.21. The van der Waals surface area contributed by atoms with Gasteiger partial charge in [0.2, 0.25) is 5.43 Å². The Morgan fingerprint density at radius 1 is 1.36 bits per heavy atom. The van der Waals surface area contributed by atoms with E-state index in [2.05, 4.69) is 10.2 Å². The predicted molar refractivity (Wildman–Crippen MR) is 84.4 cm³/mol. The van der Waals surface area contributed by atoms with Crippen molar-refractivity contribution in [2.24, 2.45) is 5.10 Å². The molecule has 6 heteroatoms. The number of likely N-dealkylation sites (N-methyl/N-ethyl adjacent to an activating group) is 1. The van der Waals surface area contributed by atoms with Crippen LogP contribution in [0.4, 0.5) is 0 Å². The number of aromatic nitrogens is 2. The molecule has 114 valence electrons. The standard InChI is InChI=1S/C16H18N4O2/c1-19-11-13(10-17-19)20-9-8-16(21)15(18-20)12-22-14-6-4-2-3-5-7-14/h2-6,8-10,13H,7,11-12H2,1H3. The molecule has 6 nitrogen and oxygen atoms in total. The lowest BCUT2D eigenvalue weighted by atomic mass is 10.3. The molecule has 0 fully saturated rings. The maximum atomic E-state index is 11.9. The van der Waals surface area contributed by atoms with E-state index >= 15 is 0 Å². The molecule has 0 bridgehead atoms. The van der Waals surface area contributed by atoms with E-state index in [-0.39, 0.29) is 18.1 Å². The van der Waals surface area contributed by atoms with Crippen LogP contribution in [0.5, 0.6) is 0 Å². The van der Waals surface area contributed by atoms with Crippen molar-refractivity contribution in [3.8, 4) is 0 Å². The van der Waals surface area contributed by atoms with Crippen LogP contribution in [0.25, 0.3) is 0 Å². The molecule has 0 radical (unpaired) electrons. The number of hydrogen-bond acceptors (Lipinski definition) is 5. The van der Waals surface area contributed by atoms with Crippen LogP contribution in [0.15, 0.2) is 58.3 Å². The molecule has 1 unspecified atom stereocenters. The second-order valence-electron chi connectivity index (χ2n) is 5.22. The lowest BCUT2D eigenvalue weighted by Gasteiger charge is -2.14. The third-order valence-corrected chi connectivity index (χ3v) is 3.48. The fourth-order valence-corrected chi connectivity index (χ4v) is 2.28. The van der Waals surface area contributed by atoms with E-state index in [1.807, 2.05) is 48.7 Å². The SMILES string of the molecule is CN1CC(n2ccc(=O)c(COC3=CC=CC=CC3)n2)C=N1. The normalized spacial score (nSPS) is 20.1. The monoisotopic (exact) mass is 298 g/mol. The van der Waals surface area contributed by atoms with Gasteiger partial charge in [0.05, 0.1) is 12.8 Å². The van der Waals surface area contributed by atoms with Crippen molar-refractivity contribution in [3.63, 3.8) is 0 Å². The molecule has 0 saturated heterocycles. The van der Waals surface area contributed by atoms with Crippen LogP contribution in [0.3, 0.4) is 0 Å². The molecule has 2 aliphatic rings. The van der Waals surface area contributed by atoms with Gasteiger partial charge < -0.3 is 4.74 Å². The zero-order valence-electron chi connectivity index (χ0n) is 12.4. The van der Waals surface area contributed by atoms with E-state index in [9.17, 15) is 4.79 Å². The van der Waals surface area contributed by atoms with Gasteiger partial charge in [0, 0.05) is 25.7 Å². The van der Waals surface area contributed by atoms with Crippen LogP contribution in [0.2, 0.25) is 0 Å². The van der Waals surface area contributed by atoms with Crippen LogP contribution < -0.4 is 5.43 Å². The van der Waals surface area contributed by atoms with Crippen LogP contribution >= 0.6 is 0 Å². The summed E-state index contributed by atoms with van der Waals surface area (Å²) in [4.78, 5) is 11.9. The van der Waals surface area contributed by atoms with Crippen molar-refractivity contribution in [2.45, 2.75) is 19.1 Å². The molecule has 1 atom stereocenters. The minimum absolute atomic E-state index is 0.0484. The Kier molecular flexibility index (Phi) is 4.18. The Bertz CT molecular complexity index is 715. The summed E-state index contributed by atoms with van der Waals surface area (Å²) >= 11 is 0. The van der Waals surface area contributed by atoms with Gasteiger partial charge >= 0.3 is 0 Å². The summed E-state index contributed by atoms with van der Waals surface area (Å²) in [7, 11) is 1.91. The van der Waals surface area contributed by atoms with Gasteiger partial charge in [-0.15, -0.1) is 0 Å². The summed E-state index contributed by atoms with van der Waals surface area (Å²) in [5, 5.41) is 10.4. The van der Waals surface area contributed by atoms with Crippen LogP contribution in [0.1, 0.15) is 18.2 Å². The molecule has 0 aromatic carbocycles. The Labute approximate surface area is 128 Å². The first kappa shape index (κ1) is 14.3. The number of allylic oxidation sites excluding steroid dienone is 5. The van der Waals surface area contributed by atoms with E-state index in [0.29, 0.717) is 12.1 Å². The van der Waals surface area contributed by atoms with Gasteiger partial charge in [-0.2, -0.15) is 10.2 Å². The summed E-state index contributed by atoms with van der Waals surface area (Å²) < 4.78 is 7.47. The van der Waals surface area contributed by atoms with E-state index in [4.69, 9.17) is 4.74 Å². The molecule has 0 spiro atoms. The molecule has 1 aliphatic heterocycles. The van der Waals surface area contributed by atoms with Gasteiger partial charge in [0.25, 0.3) is 0 Å². The fraction of sp³-hybridized carbons (Fsp3) is 0.312. The fourth-order valence-electron chi connectivity index (χ4n) is 2.28. The van der Waals surface area contributed by atoms with Gasteiger partial charge in [0.1, 0.15) is 24.1 Å². The highest BCUT2D eigenvalue weighted by Gasteiger charge is 2.17. The first-order chi connectivity index (χ1) is 10.7. The zero-order chi connectivity index (χ0) is 15.4. The Morgan fingerprint density at radius 2 is 2.27 bits per heavy atom. The molecule has 0 N–H and O–H groups in total. The molecule has 1 aromatic heterocycles. The molecule has 1 aromatic rings. The third-order valence-electron chi connectivity index (χ3n) is 3.48. The molecule has 1 aliphatic carbocycles. The van der Waals surface area contributed by atoms with Gasteiger partial charge in [-0.05, 0) is 6.08 Å². The molecule has 3 rings (SSSR count). The van der Waals surface area contributed by atoms with Crippen molar-refractivity contribution in [1.29, 1.82) is 0 Å². The van der Waals surface area contributed by atoms with Crippen LogP contribution in [-0.4, -0.2) is 34.6 Å². The highest BCUT2D eigenvalue weighted by atomic mass is 16.5. The Morgan fingerprint density at radius 3 is 3.09 bits per heavy atom. The van der Waals surface area contributed by atoms with Gasteiger partial charge in [-0.3, -0.25) is 14.5 Å². The van der Waals surface area contributed by atoms with Crippen LogP contribution in [-0.2, 0) is 11.3 Å². The maximum Gasteiger partial charge on any atom is 0.206 e. The number of nitrogens with zero attached hydrogens (tertiary/aromatic N) is 4. The van der Waals surface area contributed by atoms with E-state index in [1.54, 1.807) is 10.9 Å². The number of hydrogen-bond donors (Lipinski definition) is 0. The average Bonchev–Trinajstić information content (AvgIpc) is 2.79. The maximum absolute atomic E-state index is 11.9. The predicted octanol–water partition coefficient (Wildman–Crippen LogP) is 1.63. The summed E-state index contributed by atoms with van der Waals surface area (Å²) in [6.07, 6.45) is 14.0. The summed E-state index contributed by atoms with van der Waals surface area (Å²) in [6, 6.07) is 1.58. The highest BCUT2D eigenvalue weighted by molar-refractivity contribution is 5.64. The highest BCUT2D eigenvalue weighted by Crippen LogP contribution is 2.12. The zero-order valence-corrected chi connectivity index (χ0v) is 12.4. The first-order valence-electron chi connectivity index (χ1n) is 7.21. The summed E-state index contributed by atoms with van der Waals surface area (Å²) in [6.45, 7) is 0.920. The molecular formula is C16H18N4O2. The minimum Gasteiger partial charge on any atom is -0.491 e. The third kappa shape index (κ3) is 3.33. The summed E-state index contributed by atoms with van der Waals surface area (Å²) in [5.74, 6) is 0.823. The van der Waals surface area contributed by atoms with Crippen molar-refractivity contribution >= 4 is 6.21 Å². The van der Waals surface area contributed by atoms with Gasteiger partial charge in [0.15, 0.2) is 0 Å².